The van der Waals surface area contributed by atoms with Gasteiger partial charge in [0.05, 0.1) is 6.20 Å². The average Bonchev–Trinajstić information content (AvgIpc) is 3.30. The first kappa shape index (κ1) is 25.0. The first-order chi connectivity index (χ1) is 15.3. The van der Waals surface area contributed by atoms with Crippen LogP contribution in [0.4, 0.5) is 0 Å². The molecular weight excluding hydrogens is 386 g/mol. The number of hydrogen-bond acceptors (Lipinski definition) is 5. The van der Waals surface area contributed by atoms with Gasteiger partial charge in [0.15, 0.2) is 5.76 Å². The Morgan fingerprint density at radius 3 is 2.19 bits per heavy atom. The number of Topliss-reactive ketones (excluding diaryl/α,β-unsaturated/α-hetero) is 1. The zero-order valence-corrected chi connectivity index (χ0v) is 19.2. The summed E-state index contributed by atoms with van der Waals surface area (Å²) >= 11 is 0. The number of hydrogen-bond donors (Lipinski definition) is 0. The molecule has 0 unspecified atom stereocenters. The van der Waals surface area contributed by atoms with Crippen molar-refractivity contribution in [2.45, 2.75) is 103 Å². The molecule has 0 saturated heterocycles. The molecule has 170 valence electrons. The third kappa shape index (κ3) is 11.0. The van der Waals surface area contributed by atoms with Gasteiger partial charge in [-0.15, -0.1) is 5.10 Å². The van der Waals surface area contributed by atoms with E-state index in [0.29, 0.717) is 17.9 Å². The lowest BCUT2D eigenvalue weighted by molar-refractivity contribution is 0.0946. The molecule has 5 heteroatoms. The van der Waals surface area contributed by atoms with Crippen molar-refractivity contribution in [2.75, 3.05) is 0 Å². The summed E-state index contributed by atoms with van der Waals surface area (Å²) in [4.78, 5) is 16.3. The fraction of sp³-hybridized carbons (Fsp3) is 0.615. The smallest absolute Gasteiger partial charge is 0.263 e. The van der Waals surface area contributed by atoms with Crippen molar-refractivity contribution < 1.29 is 9.21 Å². The SMILES string of the molecule is CCCCCCCCCC/C=C\CCCCCCC(=O)c1ncc(-c2cccnn2)o1. The van der Waals surface area contributed by atoms with Gasteiger partial charge in [0, 0.05) is 12.6 Å². The second-order valence-electron chi connectivity index (χ2n) is 8.25. The van der Waals surface area contributed by atoms with Gasteiger partial charge in [-0.05, 0) is 44.2 Å². The number of allylic oxidation sites excluding steroid dienone is 2. The first-order valence-electron chi connectivity index (χ1n) is 12.2. The second kappa shape index (κ2) is 16.4. The molecule has 0 atom stereocenters. The van der Waals surface area contributed by atoms with Crippen molar-refractivity contribution >= 4 is 5.78 Å². The van der Waals surface area contributed by atoms with E-state index in [1.54, 1.807) is 18.3 Å². The highest BCUT2D eigenvalue weighted by atomic mass is 16.4. The summed E-state index contributed by atoms with van der Waals surface area (Å²) in [7, 11) is 0. The Labute approximate surface area is 187 Å². The van der Waals surface area contributed by atoms with Crippen molar-refractivity contribution in [3.05, 3.63) is 42.6 Å². The van der Waals surface area contributed by atoms with Crippen molar-refractivity contribution in [2.24, 2.45) is 0 Å². The number of ketones is 1. The molecule has 0 bridgehead atoms. The molecule has 0 aliphatic rings. The maximum Gasteiger partial charge on any atom is 0.263 e. The number of nitrogens with zero attached hydrogens (tertiary/aromatic N) is 3. The summed E-state index contributed by atoms with van der Waals surface area (Å²) in [6.45, 7) is 2.27. The van der Waals surface area contributed by atoms with E-state index in [0.717, 1.165) is 25.7 Å². The number of aromatic nitrogens is 3. The normalized spacial score (nSPS) is 11.4. The minimum atomic E-state index is -0.0413. The molecule has 5 nitrogen and oxygen atoms in total. The topological polar surface area (TPSA) is 68.9 Å². The zero-order chi connectivity index (χ0) is 22.0. The molecule has 0 saturated carbocycles. The van der Waals surface area contributed by atoms with Crippen LogP contribution in [-0.4, -0.2) is 21.0 Å². The Hall–Kier alpha value is -2.30. The van der Waals surface area contributed by atoms with Crippen LogP contribution < -0.4 is 0 Å². The molecule has 0 amide bonds. The Bertz CT molecular complexity index is 740. The number of carbonyl (C=O) groups is 1. The Morgan fingerprint density at radius 1 is 0.903 bits per heavy atom. The van der Waals surface area contributed by atoms with E-state index < -0.39 is 0 Å². The molecule has 2 aromatic rings. The molecule has 0 radical (unpaired) electrons. The van der Waals surface area contributed by atoms with Gasteiger partial charge in [0.25, 0.3) is 5.89 Å². The highest BCUT2D eigenvalue weighted by Crippen LogP contribution is 2.18. The molecule has 2 rings (SSSR count). The average molecular weight is 426 g/mol. The van der Waals surface area contributed by atoms with Crippen LogP contribution in [0.15, 0.2) is 41.1 Å². The van der Waals surface area contributed by atoms with E-state index in [1.165, 1.54) is 70.4 Å². The van der Waals surface area contributed by atoms with Crippen molar-refractivity contribution in [3.63, 3.8) is 0 Å². The predicted octanol–water partition coefficient (Wildman–Crippen LogP) is 7.74. The largest absolute Gasteiger partial charge is 0.432 e. The zero-order valence-electron chi connectivity index (χ0n) is 19.2. The minimum Gasteiger partial charge on any atom is -0.432 e. The van der Waals surface area contributed by atoms with Gasteiger partial charge in [-0.1, -0.05) is 76.9 Å². The number of oxazole rings is 1. The van der Waals surface area contributed by atoms with E-state index in [4.69, 9.17) is 4.42 Å². The summed E-state index contributed by atoms with van der Waals surface area (Å²) in [6.07, 6.45) is 26.0. The third-order valence-electron chi connectivity index (χ3n) is 5.48. The van der Waals surface area contributed by atoms with Crippen molar-refractivity contribution in [3.8, 4) is 11.5 Å². The molecule has 0 aliphatic heterocycles. The summed E-state index contributed by atoms with van der Waals surface area (Å²) in [5.41, 5.74) is 0.588. The lowest BCUT2D eigenvalue weighted by Gasteiger charge is -2.00. The van der Waals surface area contributed by atoms with Gasteiger partial charge >= 0.3 is 0 Å². The van der Waals surface area contributed by atoms with Gasteiger partial charge in [0.2, 0.25) is 5.78 Å². The molecule has 0 N–H and O–H groups in total. The van der Waals surface area contributed by atoms with Crippen LogP contribution >= 0.6 is 0 Å². The molecule has 0 aliphatic carbocycles. The summed E-state index contributed by atoms with van der Waals surface area (Å²) in [5, 5.41) is 7.78. The monoisotopic (exact) mass is 425 g/mol. The quantitative estimate of drug-likeness (QED) is 0.139. The van der Waals surface area contributed by atoms with Crippen LogP contribution in [0.2, 0.25) is 0 Å². The van der Waals surface area contributed by atoms with Crippen molar-refractivity contribution in [1.29, 1.82) is 0 Å². The van der Waals surface area contributed by atoms with E-state index in [9.17, 15) is 4.79 Å². The summed E-state index contributed by atoms with van der Waals surface area (Å²) in [6, 6.07) is 3.56. The summed E-state index contributed by atoms with van der Waals surface area (Å²) < 4.78 is 5.54. The van der Waals surface area contributed by atoms with Crippen LogP contribution in [0.1, 0.15) is 114 Å². The lowest BCUT2D eigenvalue weighted by atomic mass is 10.1. The Balaban J connectivity index is 1.43. The molecule has 0 fully saturated rings. The summed E-state index contributed by atoms with van der Waals surface area (Å²) in [5.74, 6) is 0.611. The second-order valence-corrected chi connectivity index (χ2v) is 8.25. The van der Waals surface area contributed by atoms with E-state index >= 15 is 0 Å². The molecule has 0 spiro atoms. The maximum absolute atomic E-state index is 12.2. The highest BCUT2D eigenvalue weighted by Gasteiger charge is 2.14. The van der Waals surface area contributed by atoms with Gasteiger partial charge in [-0.3, -0.25) is 4.79 Å². The first-order valence-corrected chi connectivity index (χ1v) is 12.2. The number of rotatable bonds is 18. The fourth-order valence-electron chi connectivity index (χ4n) is 3.59. The fourth-order valence-corrected chi connectivity index (χ4v) is 3.59. The third-order valence-corrected chi connectivity index (χ3v) is 5.48. The minimum absolute atomic E-state index is 0.0413. The number of unbranched alkanes of at least 4 members (excludes halogenated alkanes) is 12. The van der Waals surface area contributed by atoms with Crippen molar-refractivity contribution in [1.82, 2.24) is 15.2 Å². The predicted molar refractivity (Wildman–Crippen MR) is 126 cm³/mol. The Kier molecular flexibility index (Phi) is 13.2. The lowest BCUT2D eigenvalue weighted by Crippen LogP contribution is -1.98. The Morgan fingerprint density at radius 2 is 1.55 bits per heavy atom. The van der Waals surface area contributed by atoms with Crippen LogP contribution in [-0.2, 0) is 0 Å². The van der Waals surface area contributed by atoms with Crippen LogP contribution in [0.25, 0.3) is 11.5 Å². The molecule has 0 aromatic carbocycles. The van der Waals surface area contributed by atoms with E-state index in [2.05, 4.69) is 34.3 Å². The maximum atomic E-state index is 12.2. The standard InChI is InChI=1S/C26H39N3O2/c1-2-3-4-5-6-7-8-9-10-11-12-13-14-15-16-17-20-24(30)26-27-22-25(31-26)23-19-18-21-28-29-23/h11-12,18-19,21-22H,2-10,13-17,20H2,1H3/b12-11-. The van der Waals surface area contributed by atoms with Gasteiger partial charge in [-0.25, -0.2) is 4.98 Å². The van der Waals surface area contributed by atoms with Gasteiger partial charge in [-0.2, -0.15) is 5.10 Å². The van der Waals surface area contributed by atoms with Gasteiger partial charge < -0.3 is 4.42 Å². The highest BCUT2D eigenvalue weighted by molar-refractivity contribution is 5.91. The number of carbonyl (C=O) groups excluding carboxylic acids is 1. The van der Waals surface area contributed by atoms with Crippen LogP contribution in [0.5, 0.6) is 0 Å². The molecule has 2 aromatic heterocycles. The molecular formula is C26H39N3O2. The van der Waals surface area contributed by atoms with Gasteiger partial charge in [0.1, 0.15) is 5.69 Å². The van der Waals surface area contributed by atoms with E-state index in [1.807, 2.05) is 0 Å². The molecule has 2 heterocycles. The van der Waals surface area contributed by atoms with Crippen LogP contribution in [0.3, 0.4) is 0 Å². The van der Waals surface area contributed by atoms with E-state index in [-0.39, 0.29) is 11.7 Å². The molecule has 31 heavy (non-hydrogen) atoms. The van der Waals surface area contributed by atoms with Crippen LogP contribution in [0, 0.1) is 0 Å².